The van der Waals surface area contributed by atoms with Crippen molar-refractivity contribution in [3.8, 4) is 5.69 Å². The molecule has 0 aliphatic carbocycles. The maximum absolute atomic E-state index is 12.9. The largest absolute Gasteiger partial charge is 0.337 e. The number of carbonyl (C=O) groups is 1. The third-order valence-electron chi connectivity index (χ3n) is 4.51. The second-order valence-corrected chi connectivity index (χ2v) is 7.97. The van der Waals surface area contributed by atoms with Gasteiger partial charge in [-0.2, -0.15) is 0 Å². The number of carbonyl (C=O) groups excluding carboxylic acids is 1. The molecule has 2 aromatic heterocycles. The number of piperidine rings is 1. The van der Waals surface area contributed by atoms with Crippen LogP contribution >= 0.6 is 34.5 Å². The average molecular weight is 407 g/mol. The van der Waals surface area contributed by atoms with Gasteiger partial charge in [-0.25, -0.2) is 9.97 Å². The van der Waals surface area contributed by atoms with Crippen LogP contribution in [0.4, 0.5) is 0 Å². The van der Waals surface area contributed by atoms with E-state index in [1.807, 2.05) is 22.5 Å². The molecule has 3 aromatic rings. The highest BCUT2D eigenvalue weighted by Gasteiger charge is 2.27. The van der Waals surface area contributed by atoms with Crippen molar-refractivity contribution in [3.05, 3.63) is 63.0 Å². The molecule has 26 heavy (non-hydrogen) atoms. The molecular weight excluding hydrogens is 391 g/mol. The number of hydrogen-bond donors (Lipinski definition) is 0. The highest BCUT2D eigenvalue weighted by Crippen LogP contribution is 2.29. The van der Waals surface area contributed by atoms with Gasteiger partial charge >= 0.3 is 0 Å². The summed E-state index contributed by atoms with van der Waals surface area (Å²) in [6.07, 6.45) is 7.21. The molecule has 1 saturated heterocycles. The van der Waals surface area contributed by atoms with E-state index in [2.05, 4.69) is 9.97 Å². The molecule has 1 atom stereocenters. The summed E-state index contributed by atoms with van der Waals surface area (Å²) in [6.45, 7) is 1.44. The van der Waals surface area contributed by atoms with E-state index in [0.29, 0.717) is 28.2 Å². The Bertz CT molecular complexity index is 925. The van der Waals surface area contributed by atoms with Crippen molar-refractivity contribution < 1.29 is 4.79 Å². The standard InChI is InChI=1S/C18H16Cl2N4OS/c19-14-4-3-13(8-15(14)20)24-10-16(22-11-24)18(25)23-6-1-2-12(9-23)17-21-5-7-26-17/h3-5,7-8,10-12H,1-2,6,9H2/t12-/m0/s1. The molecular formula is C18H16Cl2N4OS. The smallest absolute Gasteiger partial charge is 0.274 e. The Morgan fingerprint density at radius 3 is 2.88 bits per heavy atom. The maximum Gasteiger partial charge on any atom is 0.274 e. The van der Waals surface area contributed by atoms with Crippen LogP contribution < -0.4 is 0 Å². The van der Waals surface area contributed by atoms with E-state index in [-0.39, 0.29) is 5.91 Å². The zero-order valence-electron chi connectivity index (χ0n) is 13.8. The number of nitrogens with zero attached hydrogens (tertiary/aromatic N) is 4. The Morgan fingerprint density at radius 2 is 2.12 bits per heavy atom. The monoisotopic (exact) mass is 406 g/mol. The number of likely N-dealkylation sites (tertiary alicyclic amines) is 1. The van der Waals surface area contributed by atoms with Crippen LogP contribution in [0.3, 0.4) is 0 Å². The molecule has 0 radical (unpaired) electrons. The van der Waals surface area contributed by atoms with E-state index in [0.717, 1.165) is 30.1 Å². The zero-order chi connectivity index (χ0) is 18.1. The van der Waals surface area contributed by atoms with E-state index in [4.69, 9.17) is 23.2 Å². The number of aromatic nitrogens is 3. The second kappa shape index (κ2) is 7.39. The summed E-state index contributed by atoms with van der Waals surface area (Å²) in [5, 5.41) is 4.04. The van der Waals surface area contributed by atoms with Crippen LogP contribution in [0.5, 0.6) is 0 Å². The first-order valence-electron chi connectivity index (χ1n) is 8.30. The van der Waals surface area contributed by atoms with Crippen LogP contribution in [0.2, 0.25) is 10.0 Å². The predicted molar refractivity (Wildman–Crippen MR) is 104 cm³/mol. The van der Waals surface area contributed by atoms with Gasteiger partial charge in [0.25, 0.3) is 5.91 Å². The average Bonchev–Trinajstić information content (AvgIpc) is 3.35. The first-order chi connectivity index (χ1) is 12.6. The van der Waals surface area contributed by atoms with Crippen molar-refractivity contribution in [3.63, 3.8) is 0 Å². The second-order valence-electron chi connectivity index (χ2n) is 6.23. The molecule has 0 unspecified atom stereocenters. The lowest BCUT2D eigenvalue weighted by Crippen LogP contribution is -2.39. The minimum atomic E-state index is -0.0509. The summed E-state index contributed by atoms with van der Waals surface area (Å²) in [5.74, 6) is 0.259. The summed E-state index contributed by atoms with van der Waals surface area (Å²) in [5.41, 5.74) is 1.24. The Labute approximate surface area is 165 Å². The molecule has 134 valence electrons. The van der Waals surface area contributed by atoms with Gasteiger partial charge in [-0.15, -0.1) is 11.3 Å². The summed E-state index contributed by atoms with van der Waals surface area (Å²) in [6, 6.07) is 5.31. The normalized spacial score (nSPS) is 17.5. The molecule has 0 saturated carbocycles. The Kier molecular flexibility index (Phi) is 4.98. The minimum absolute atomic E-state index is 0.0509. The Balaban J connectivity index is 1.51. The molecule has 0 spiro atoms. The van der Waals surface area contributed by atoms with Gasteiger partial charge in [0.05, 0.1) is 15.1 Å². The van der Waals surface area contributed by atoms with E-state index in [1.54, 1.807) is 40.6 Å². The van der Waals surface area contributed by atoms with Crippen LogP contribution in [-0.2, 0) is 0 Å². The predicted octanol–water partition coefficient (Wildman–Crippen LogP) is 4.66. The van der Waals surface area contributed by atoms with Gasteiger partial charge in [0, 0.05) is 42.5 Å². The van der Waals surface area contributed by atoms with Gasteiger partial charge in [0.1, 0.15) is 12.0 Å². The van der Waals surface area contributed by atoms with Crippen molar-refractivity contribution in [2.24, 2.45) is 0 Å². The van der Waals surface area contributed by atoms with Crippen LogP contribution in [0.25, 0.3) is 5.69 Å². The first kappa shape index (κ1) is 17.5. The lowest BCUT2D eigenvalue weighted by molar-refractivity contribution is 0.0701. The number of thiazole rings is 1. The number of rotatable bonds is 3. The van der Waals surface area contributed by atoms with Gasteiger partial charge in [-0.05, 0) is 31.0 Å². The van der Waals surface area contributed by atoms with Gasteiger partial charge in [-0.3, -0.25) is 4.79 Å². The number of imidazole rings is 1. The molecule has 8 heteroatoms. The lowest BCUT2D eigenvalue weighted by Gasteiger charge is -2.31. The molecule has 1 aromatic carbocycles. The van der Waals surface area contributed by atoms with Gasteiger partial charge in [0.15, 0.2) is 0 Å². The molecule has 1 fully saturated rings. The fraction of sp³-hybridized carbons (Fsp3) is 0.278. The maximum atomic E-state index is 12.9. The van der Waals surface area contributed by atoms with Crippen molar-refractivity contribution in [2.45, 2.75) is 18.8 Å². The molecule has 1 aliphatic rings. The van der Waals surface area contributed by atoms with Gasteiger partial charge in [-0.1, -0.05) is 23.2 Å². The fourth-order valence-electron chi connectivity index (χ4n) is 3.18. The molecule has 1 aliphatic heterocycles. The van der Waals surface area contributed by atoms with E-state index < -0.39 is 0 Å². The van der Waals surface area contributed by atoms with Crippen molar-refractivity contribution >= 4 is 40.4 Å². The Morgan fingerprint density at radius 1 is 1.23 bits per heavy atom. The number of hydrogen-bond acceptors (Lipinski definition) is 4. The molecule has 4 rings (SSSR count). The first-order valence-corrected chi connectivity index (χ1v) is 9.93. The number of benzene rings is 1. The van der Waals surface area contributed by atoms with Gasteiger partial charge in [0.2, 0.25) is 0 Å². The summed E-state index contributed by atoms with van der Waals surface area (Å²) < 4.78 is 1.78. The molecule has 1 amide bonds. The topological polar surface area (TPSA) is 51.0 Å². The summed E-state index contributed by atoms with van der Waals surface area (Å²) in [4.78, 5) is 23.4. The SMILES string of the molecule is O=C(c1cn(-c2ccc(Cl)c(Cl)c2)cn1)N1CCC[C@H](c2nccs2)C1. The molecule has 3 heterocycles. The minimum Gasteiger partial charge on any atom is -0.337 e. The van der Waals surface area contributed by atoms with Crippen LogP contribution in [0.1, 0.15) is 34.3 Å². The quantitative estimate of drug-likeness (QED) is 0.635. The van der Waals surface area contributed by atoms with Crippen molar-refractivity contribution in [1.82, 2.24) is 19.4 Å². The zero-order valence-corrected chi connectivity index (χ0v) is 16.1. The van der Waals surface area contributed by atoms with Crippen LogP contribution in [-0.4, -0.2) is 38.4 Å². The highest BCUT2D eigenvalue weighted by atomic mass is 35.5. The fourth-order valence-corrected chi connectivity index (χ4v) is 4.24. The van der Waals surface area contributed by atoms with E-state index in [9.17, 15) is 4.79 Å². The van der Waals surface area contributed by atoms with Crippen LogP contribution in [0.15, 0.2) is 42.3 Å². The Hall–Kier alpha value is -1.89. The summed E-state index contributed by atoms with van der Waals surface area (Å²) in [7, 11) is 0. The number of halogens is 2. The molecule has 0 bridgehead atoms. The van der Waals surface area contributed by atoms with Crippen molar-refractivity contribution in [2.75, 3.05) is 13.1 Å². The third-order valence-corrected chi connectivity index (χ3v) is 6.19. The molecule has 0 N–H and O–H groups in total. The van der Waals surface area contributed by atoms with E-state index in [1.165, 1.54) is 0 Å². The van der Waals surface area contributed by atoms with E-state index >= 15 is 0 Å². The van der Waals surface area contributed by atoms with Crippen LogP contribution in [0, 0.1) is 0 Å². The van der Waals surface area contributed by atoms with Crippen molar-refractivity contribution in [1.29, 1.82) is 0 Å². The molecule has 5 nitrogen and oxygen atoms in total. The number of amides is 1. The highest BCUT2D eigenvalue weighted by molar-refractivity contribution is 7.09. The lowest BCUT2D eigenvalue weighted by atomic mass is 9.98. The summed E-state index contributed by atoms with van der Waals surface area (Å²) >= 11 is 13.7. The third kappa shape index (κ3) is 3.49. The van der Waals surface area contributed by atoms with Gasteiger partial charge < -0.3 is 9.47 Å².